The molecule has 0 bridgehead atoms. The van der Waals surface area contributed by atoms with Gasteiger partial charge in [0.2, 0.25) is 0 Å². The van der Waals surface area contributed by atoms with Crippen LogP contribution in [0.25, 0.3) is 11.1 Å². The number of benzene rings is 1. The van der Waals surface area contributed by atoms with E-state index in [0.717, 1.165) is 29.0 Å². The van der Waals surface area contributed by atoms with Crippen LogP contribution in [0.4, 0.5) is 5.82 Å². The van der Waals surface area contributed by atoms with Crippen molar-refractivity contribution >= 4 is 5.82 Å². The largest absolute Gasteiger partial charge is 0.493 e. The highest BCUT2D eigenvalue weighted by molar-refractivity contribution is 5.79. The van der Waals surface area contributed by atoms with Gasteiger partial charge >= 0.3 is 0 Å². The van der Waals surface area contributed by atoms with Crippen molar-refractivity contribution in [2.45, 2.75) is 33.8 Å². The van der Waals surface area contributed by atoms with Gasteiger partial charge in [-0.2, -0.15) is 0 Å². The first-order valence-corrected chi connectivity index (χ1v) is 8.18. The normalized spacial score (nSPS) is 13.9. The number of hydrogen-bond acceptors (Lipinski definition) is 4. The molecule has 2 heterocycles. The van der Waals surface area contributed by atoms with Crippen LogP contribution >= 0.6 is 0 Å². The van der Waals surface area contributed by atoms with Gasteiger partial charge in [-0.15, -0.1) is 0 Å². The SMILES string of the molecule is CC(C)C[C@@H](C)COc1ccc2c(c1)COc1c-2ccnc1N. The third kappa shape index (κ3) is 3.41. The summed E-state index contributed by atoms with van der Waals surface area (Å²) in [6.07, 6.45) is 2.89. The average molecular weight is 312 g/mol. The molecule has 0 aliphatic carbocycles. The Labute approximate surface area is 137 Å². The molecule has 1 aromatic heterocycles. The summed E-state index contributed by atoms with van der Waals surface area (Å²) in [5.74, 6) is 3.26. The minimum absolute atomic E-state index is 0.441. The smallest absolute Gasteiger partial charge is 0.169 e. The lowest BCUT2D eigenvalue weighted by atomic mass is 9.97. The lowest BCUT2D eigenvalue weighted by Crippen LogP contribution is -2.12. The van der Waals surface area contributed by atoms with Crippen LogP contribution in [0.5, 0.6) is 11.5 Å². The van der Waals surface area contributed by atoms with Gasteiger partial charge in [0.1, 0.15) is 12.4 Å². The summed E-state index contributed by atoms with van der Waals surface area (Å²) < 4.78 is 11.7. The lowest BCUT2D eigenvalue weighted by Gasteiger charge is -2.22. The molecule has 2 aromatic rings. The number of nitrogen functional groups attached to an aromatic ring is 1. The molecule has 4 heteroatoms. The molecule has 0 spiro atoms. The third-order valence-electron chi connectivity index (χ3n) is 4.08. The van der Waals surface area contributed by atoms with Crippen LogP contribution in [0.1, 0.15) is 32.8 Å². The van der Waals surface area contributed by atoms with Crippen molar-refractivity contribution in [1.82, 2.24) is 4.98 Å². The lowest BCUT2D eigenvalue weighted by molar-refractivity contribution is 0.238. The minimum atomic E-state index is 0.441. The number of aromatic nitrogens is 1. The van der Waals surface area contributed by atoms with Crippen LogP contribution in [0.3, 0.4) is 0 Å². The van der Waals surface area contributed by atoms with Gasteiger partial charge in [-0.3, -0.25) is 0 Å². The van der Waals surface area contributed by atoms with E-state index in [-0.39, 0.29) is 0 Å². The molecule has 1 aliphatic heterocycles. The number of anilines is 1. The molecule has 0 saturated carbocycles. The summed E-state index contributed by atoms with van der Waals surface area (Å²) >= 11 is 0. The second-order valence-electron chi connectivity index (χ2n) is 6.73. The molecule has 0 unspecified atom stereocenters. The molecule has 0 fully saturated rings. The molecule has 0 radical (unpaired) electrons. The number of pyridine rings is 1. The van der Waals surface area contributed by atoms with Crippen molar-refractivity contribution in [3.8, 4) is 22.6 Å². The van der Waals surface area contributed by atoms with E-state index in [1.54, 1.807) is 6.20 Å². The van der Waals surface area contributed by atoms with Gasteiger partial charge < -0.3 is 15.2 Å². The molecular formula is C19H24N2O2. The zero-order valence-electron chi connectivity index (χ0n) is 14.0. The standard InChI is InChI=1S/C19H24N2O2/c1-12(2)8-13(3)10-22-15-4-5-16-14(9-15)11-23-18-17(16)6-7-21-19(18)20/h4-7,9,12-13H,8,10-11H2,1-3H3,(H2,20,21)/t13-/m1/s1. The molecule has 122 valence electrons. The Hall–Kier alpha value is -2.23. The topological polar surface area (TPSA) is 57.4 Å². The molecule has 3 rings (SSSR count). The predicted octanol–water partition coefficient (Wildman–Crippen LogP) is 4.28. The van der Waals surface area contributed by atoms with E-state index in [0.29, 0.717) is 30.0 Å². The van der Waals surface area contributed by atoms with E-state index in [1.165, 1.54) is 6.42 Å². The molecule has 0 saturated heterocycles. The van der Waals surface area contributed by atoms with Gasteiger partial charge in [-0.25, -0.2) is 4.98 Å². The molecule has 1 aromatic carbocycles. The van der Waals surface area contributed by atoms with E-state index < -0.39 is 0 Å². The van der Waals surface area contributed by atoms with Gasteiger partial charge in [-0.05, 0) is 42.0 Å². The maximum absolute atomic E-state index is 5.95. The number of nitrogens with two attached hydrogens (primary N) is 1. The molecule has 4 nitrogen and oxygen atoms in total. The predicted molar refractivity (Wildman–Crippen MR) is 92.5 cm³/mol. The third-order valence-corrected chi connectivity index (χ3v) is 4.08. The van der Waals surface area contributed by atoms with E-state index in [1.807, 2.05) is 12.1 Å². The van der Waals surface area contributed by atoms with Gasteiger partial charge in [-0.1, -0.05) is 26.8 Å². The number of rotatable bonds is 5. The molecule has 1 aliphatic rings. The fraction of sp³-hybridized carbons (Fsp3) is 0.421. The van der Waals surface area contributed by atoms with Crippen molar-refractivity contribution in [3.63, 3.8) is 0 Å². The Kier molecular flexibility index (Phi) is 4.42. The van der Waals surface area contributed by atoms with Crippen LogP contribution in [-0.2, 0) is 6.61 Å². The van der Waals surface area contributed by atoms with E-state index in [4.69, 9.17) is 15.2 Å². The molecule has 2 N–H and O–H groups in total. The monoisotopic (exact) mass is 312 g/mol. The minimum Gasteiger partial charge on any atom is -0.493 e. The van der Waals surface area contributed by atoms with E-state index in [9.17, 15) is 0 Å². The quantitative estimate of drug-likeness (QED) is 0.895. The Balaban J connectivity index is 1.76. The Morgan fingerprint density at radius 3 is 2.83 bits per heavy atom. The number of ether oxygens (including phenoxy) is 2. The molecule has 23 heavy (non-hydrogen) atoms. The highest BCUT2D eigenvalue weighted by atomic mass is 16.5. The summed E-state index contributed by atoms with van der Waals surface area (Å²) in [6.45, 7) is 7.95. The van der Waals surface area contributed by atoms with Crippen molar-refractivity contribution in [2.24, 2.45) is 11.8 Å². The zero-order valence-corrected chi connectivity index (χ0v) is 14.0. The Bertz CT molecular complexity index is 698. The first-order chi connectivity index (χ1) is 11.0. The summed E-state index contributed by atoms with van der Waals surface area (Å²) in [6, 6.07) is 8.11. The van der Waals surface area contributed by atoms with Crippen LogP contribution in [0, 0.1) is 11.8 Å². The molecular weight excluding hydrogens is 288 g/mol. The van der Waals surface area contributed by atoms with Crippen LogP contribution in [-0.4, -0.2) is 11.6 Å². The van der Waals surface area contributed by atoms with Crippen LogP contribution in [0.15, 0.2) is 30.5 Å². The number of hydrogen-bond donors (Lipinski definition) is 1. The average Bonchev–Trinajstić information content (AvgIpc) is 2.52. The maximum atomic E-state index is 5.95. The highest BCUT2D eigenvalue weighted by Gasteiger charge is 2.20. The van der Waals surface area contributed by atoms with E-state index in [2.05, 4.69) is 37.9 Å². The first kappa shape index (κ1) is 15.7. The maximum Gasteiger partial charge on any atom is 0.169 e. The summed E-state index contributed by atoms with van der Waals surface area (Å²) in [7, 11) is 0. The molecule has 1 atom stereocenters. The first-order valence-electron chi connectivity index (χ1n) is 8.18. The van der Waals surface area contributed by atoms with Gasteiger partial charge in [0.15, 0.2) is 11.6 Å². The summed E-state index contributed by atoms with van der Waals surface area (Å²) in [5.41, 5.74) is 9.15. The Morgan fingerprint density at radius 2 is 2.04 bits per heavy atom. The number of nitrogens with zero attached hydrogens (tertiary/aromatic N) is 1. The van der Waals surface area contributed by atoms with Crippen molar-refractivity contribution in [3.05, 3.63) is 36.0 Å². The Morgan fingerprint density at radius 1 is 1.22 bits per heavy atom. The van der Waals surface area contributed by atoms with Gasteiger partial charge in [0, 0.05) is 17.3 Å². The fourth-order valence-electron chi connectivity index (χ4n) is 3.13. The van der Waals surface area contributed by atoms with Crippen molar-refractivity contribution < 1.29 is 9.47 Å². The van der Waals surface area contributed by atoms with Gasteiger partial charge in [0.25, 0.3) is 0 Å². The second kappa shape index (κ2) is 6.49. The van der Waals surface area contributed by atoms with E-state index >= 15 is 0 Å². The zero-order chi connectivity index (χ0) is 16.4. The number of fused-ring (bicyclic) bond motifs is 3. The van der Waals surface area contributed by atoms with Crippen molar-refractivity contribution in [1.29, 1.82) is 0 Å². The van der Waals surface area contributed by atoms with Crippen LogP contribution < -0.4 is 15.2 Å². The van der Waals surface area contributed by atoms with Gasteiger partial charge in [0.05, 0.1) is 6.61 Å². The second-order valence-corrected chi connectivity index (χ2v) is 6.73. The summed E-state index contributed by atoms with van der Waals surface area (Å²) in [4.78, 5) is 4.08. The highest BCUT2D eigenvalue weighted by Crippen LogP contribution is 2.41. The molecule has 0 amide bonds. The van der Waals surface area contributed by atoms with Crippen LogP contribution in [0.2, 0.25) is 0 Å². The van der Waals surface area contributed by atoms with Crippen molar-refractivity contribution in [2.75, 3.05) is 12.3 Å². The summed E-state index contributed by atoms with van der Waals surface area (Å²) in [5, 5.41) is 0. The fourth-order valence-corrected chi connectivity index (χ4v) is 3.13.